The Bertz CT molecular complexity index is 1130. The predicted molar refractivity (Wildman–Crippen MR) is 99.0 cm³/mol. The van der Waals surface area contributed by atoms with E-state index in [2.05, 4.69) is 20.0 Å². The van der Waals surface area contributed by atoms with Crippen LogP contribution in [0.15, 0.2) is 40.9 Å². The number of aliphatic carboxylic acids is 1. The molecule has 0 spiro atoms. The van der Waals surface area contributed by atoms with E-state index in [9.17, 15) is 23.1 Å². The second-order valence-electron chi connectivity index (χ2n) is 6.07. The predicted octanol–water partition coefficient (Wildman–Crippen LogP) is 3.11. The van der Waals surface area contributed by atoms with Gasteiger partial charge in [0.15, 0.2) is 0 Å². The average molecular weight is 421 g/mol. The van der Waals surface area contributed by atoms with Gasteiger partial charge in [-0.2, -0.15) is 18.2 Å². The summed E-state index contributed by atoms with van der Waals surface area (Å²) in [6, 6.07) is 8.65. The molecule has 3 rings (SSSR count). The molecule has 0 atom stereocenters. The highest BCUT2D eigenvalue weighted by Gasteiger charge is 2.37. The number of nitrogens with zero attached hydrogens (tertiary/aromatic N) is 2. The number of aromatic nitrogens is 2. The number of para-hydroxylation sites is 1. The molecular formula is C18H14F3N5O4. The van der Waals surface area contributed by atoms with Gasteiger partial charge in [0.1, 0.15) is 11.5 Å². The maximum atomic E-state index is 12.7. The molecule has 2 aromatic carbocycles. The van der Waals surface area contributed by atoms with Crippen molar-refractivity contribution in [2.75, 3.05) is 11.1 Å². The summed E-state index contributed by atoms with van der Waals surface area (Å²) < 4.78 is 42.6. The number of nitrogens with two attached hydrogens (primary N) is 1. The number of carbonyl (C=O) groups is 1. The number of benzene rings is 2. The highest BCUT2D eigenvalue weighted by Crippen LogP contribution is 2.34. The number of phenols is 1. The molecule has 9 nitrogen and oxygen atoms in total. The summed E-state index contributed by atoms with van der Waals surface area (Å²) in [7, 11) is 0. The van der Waals surface area contributed by atoms with E-state index in [-0.39, 0.29) is 29.1 Å². The molecule has 3 aromatic rings. The molecule has 12 heteroatoms. The first-order valence-electron chi connectivity index (χ1n) is 8.25. The summed E-state index contributed by atoms with van der Waals surface area (Å²) in [5, 5.41) is 32.7. The van der Waals surface area contributed by atoms with Gasteiger partial charge in [-0.05, 0) is 24.3 Å². The molecule has 6 N–H and O–H groups in total. The van der Waals surface area contributed by atoms with Crippen molar-refractivity contribution < 1.29 is 32.7 Å². The molecule has 0 aliphatic carbocycles. The summed E-state index contributed by atoms with van der Waals surface area (Å²) in [6.07, 6.45) is -4.78. The van der Waals surface area contributed by atoms with Crippen LogP contribution < -0.4 is 11.1 Å². The van der Waals surface area contributed by atoms with Crippen LogP contribution in [-0.4, -0.2) is 32.0 Å². The monoisotopic (exact) mass is 421 g/mol. The Balaban J connectivity index is 1.83. The molecule has 0 amide bonds. The largest absolute Gasteiger partial charge is 0.507 e. The lowest BCUT2D eigenvalue weighted by atomic mass is 10.1. The van der Waals surface area contributed by atoms with Gasteiger partial charge >= 0.3 is 12.1 Å². The van der Waals surface area contributed by atoms with Gasteiger partial charge in [-0.25, -0.2) is 4.79 Å². The molecule has 30 heavy (non-hydrogen) atoms. The van der Waals surface area contributed by atoms with E-state index in [1.54, 1.807) is 6.07 Å². The minimum atomic E-state index is -4.78. The number of aromatic hydroxyl groups is 1. The van der Waals surface area contributed by atoms with Gasteiger partial charge in [0.05, 0.1) is 5.56 Å². The van der Waals surface area contributed by atoms with Crippen molar-refractivity contribution in [2.24, 2.45) is 0 Å². The van der Waals surface area contributed by atoms with E-state index in [1.165, 1.54) is 30.3 Å². The van der Waals surface area contributed by atoms with Crippen LogP contribution in [0.25, 0.3) is 11.5 Å². The van der Waals surface area contributed by atoms with Crippen LogP contribution in [0.3, 0.4) is 0 Å². The zero-order valence-corrected chi connectivity index (χ0v) is 15.0. The van der Waals surface area contributed by atoms with E-state index in [0.29, 0.717) is 11.3 Å². The molecule has 1 heterocycles. The summed E-state index contributed by atoms with van der Waals surface area (Å²) in [5.41, 5.74) is 5.76. The van der Waals surface area contributed by atoms with Crippen molar-refractivity contribution in [3.05, 3.63) is 53.3 Å². The molecule has 0 saturated heterocycles. The van der Waals surface area contributed by atoms with E-state index in [0.717, 1.165) is 0 Å². The van der Waals surface area contributed by atoms with Crippen molar-refractivity contribution in [1.82, 2.24) is 10.1 Å². The van der Waals surface area contributed by atoms with Crippen molar-refractivity contribution in [3.63, 3.8) is 0 Å². The number of alkyl halides is 3. The number of rotatable bonds is 6. The number of phenolic OH excluding ortho intramolecular Hbond substituents is 1. The van der Waals surface area contributed by atoms with Gasteiger partial charge in [-0.1, -0.05) is 17.3 Å². The summed E-state index contributed by atoms with van der Waals surface area (Å²) in [5.74, 6) is -3.76. The number of hydrogen-bond acceptors (Lipinski definition) is 8. The lowest BCUT2D eigenvalue weighted by Gasteiger charge is -2.12. The van der Waals surface area contributed by atoms with Gasteiger partial charge in [-0.15, -0.1) is 0 Å². The fourth-order valence-electron chi connectivity index (χ4n) is 2.55. The summed E-state index contributed by atoms with van der Waals surface area (Å²) in [6.45, 7) is 0.0176. The van der Waals surface area contributed by atoms with E-state index in [4.69, 9.17) is 16.2 Å². The number of halogens is 3. The molecular weight excluding hydrogens is 407 g/mol. The lowest BCUT2D eigenvalue weighted by molar-refractivity contribution is -0.146. The average Bonchev–Trinajstić information content (AvgIpc) is 3.18. The maximum Gasteiger partial charge on any atom is 0.455 e. The third-order valence-electron chi connectivity index (χ3n) is 4.05. The van der Waals surface area contributed by atoms with Gasteiger partial charge < -0.3 is 25.8 Å². The van der Waals surface area contributed by atoms with Crippen LogP contribution in [0.5, 0.6) is 5.75 Å². The van der Waals surface area contributed by atoms with Gasteiger partial charge in [-0.3, -0.25) is 5.41 Å². The van der Waals surface area contributed by atoms with E-state index >= 15 is 0 Å². The fraction of sp³-hybridized carbons (Fsp3) is 0.111. The summed E-state index contributed by atoms with van der Waals surface area (Å²) in [4.78, 5) is 14.3. The number of carboxylic acid groups (broad SMARTS) is 1. The number of carboxylic acids is 1. The number of hydrogen-bond donors (Lipinski definition) is 5. The number of nitrogens with one attached hydrogen (secondary N) is 2. The minimum absolute atomic E-state index is 0.0102. The molecule has 0 saturated carbocycles. The Hall–Kier alpha value is -4.09. The Morgan fingerprint density at radius 3 is 2.63 bits per heavy atom. The summed E-state index contributed by atoms with van der Waals surface area (Å²) >= 11 is 0. The number of anilines is 2. The Morgan fingerprint density at radius 2 is 2.00 bits per heavy atom. The van der Waals surface area contributed by atoms with Crippen molar-refractivity contribution >= 4 is 23.1 Å². The van der Waals surface area contributed by atoms with Crippen molar-refractivity contribution in [1.29, 1.82) is 5.41 Å². The smallest absolute Gasteiger partial charge is 0.455 e. The van der Waals surface area contributed by atoms with Crippen molar-refractivity contribution in [3.8, 4) is 17.2 Å². The zero-order valence-electron chi connectivity index (χ0n) is 15.0. The van der Waals surface area contributed by atoms with Crippen molar-refractivity contribution in [2.45, 2.75) is 12.7 Å². The first-order valence-corrected chi connectivity index (χ1v) is 8.25. The van der Waals surface area contributed by atoms with Crippen LogP contribution in [0.1, 0.15) is 17.0 Å². The normalized spacial score (nSPS) is 11.3. The molecule has 0 bridgehead atoms. The highest BCUT2D eigenvalue weighted by molar-refractivity contribution is 6.42. The standard InChI is InChI=1S/C18H14F3N5O4/c19-18(20,21)17-25-15(30-26-17)10-3-1-2-8(14(10)27)7-24-9-4-5-12(22)11(6-9)13(23)16(28)29/h1-6,23-24,27H,7,22H2,(H,28,29). The molecule has 0 aliphatic heterocycles. The minimum Gasteiger partial charge on any atom is -0.507 e. The second-order valence-corrected chi connectivity index (χ2v) is 6.07. The highest BCUT2D eigenvalue weighted by atomic mass is 19.4. The molecule has 156 valence electrons. The fourth-order valence-corrected chi connectivity index (χ4v) is 2.55. The first-order chi connectivity index (χ1) is 14.1. The van der Waals surface area contributed by atoms with Gasteiger partial charge in [0, 0.05) is 29.0 Å². The van der Waals surface area contributed by atoms with Gasteiger partial charge in [0.2, 0.25) is 0 Å². The van der Waals surface area contributed by atoms with Crippen LogP contribution in [-0.2, 0) is 17.5 Å². The first kappa shape index (κ1) is 20.6. The Kier molecular flexibility index (Phi) is 5.32. The van der Waals surface area contributed by atoms with Crippen LogP contribution >= 0.6 is 0 Å². The number of nitrogen functional groups attached to an aromatic ring is 1. The molecule has 0 fully saturated rings. The maximum absolute atomic E-state index is 12.7. The van der Waals surface area contributed by atoms with Crippen LogP contribution in [0.2, 0.25) is 0 Å². The molecule has 1 aromatic heterocycles. The van der Waals surface area contributed by atoms with Crippen LogP contribution in [0, 0.1) is 5.41 Å². The molecule has 0 aliphatic rings. The van der Waals surface area contributed by atoms with Gasteiger partial charge in [0.25, 0.3) is 11.7 Å². The topological polar surface area (TPSA) is 158 Å². The third-order valence-corrected chi connectivity index (χ3v) is 4.05. The second kappa shape index (κ2) is 7.73. The zero-order chi connectivity index (χ0) is 22.1. The SMILES string of the molecule is N=C(C(=O)O)c1cc(NCc2cccc(-c3nc(C(F)(F)F)no3)c2O)ccc1N. The molecule has 0 unspecified atom stereocenters. The van der Waals surface area contributed by atoms with Crippen LogP contribution in [0.4, 0.5) is 24.5 Å². The Morgan fingerprint density at radius 1 is 1.27 bits per heavy atom. The quantitative estimate of drug-likeness (QED) is 0.300. The Labute approximate surface area is 166 Å². The van der Waals surface area contributed by atoms with E-state index in [1.807, 2.05) is 0 Å². The van der Waals surface area contributed by atoms with E-state index < -0.39 is 29.6 Å². The lowest BCUT2D eigenvalue weighted by Crippen LogP contribution is -2.15. The third kappa shape index (κ3) is 4.16. The molecule has 0 radical (unpaired) electrons.